The summed E-state index contributed by atoms with van der Waals surface area (Å²) in [6.07, 6.45) is 3.01. The van der Waals surface area contributed by atoms with Crippen molar-refractivity contribution in [3.63, 3.8) is 0 Å². The number of carbonyl (C=O) groups is 2. The zero-order chi connectivity index (χ0) is 22.4. The van der Waals surface area contributed by atoms with Crippen LogP contribution in [0, 0.1) is 27.7 Å². The van der Waals surface area contributed by atoms with Gasteiger partial charge in [0, 0.05) is 23.0 Å². The molecule has 0 radical (unpaired) electrons. The maximum atomic E-state index is 12.1. The Morgan fingerprint density at radius 2 is 1.58 bits per heavy atom. The molecule has 1 aromatic heterocycles. The van der Waals surface area contributed by atoms with Crippen LogP contribution in [-0.4, -0.2) is 28.3 Å². The van der Waals surface area contributed by atoms with Gasteiger partial charge >= 0.3 is 5.97 Å². The minimum absolute atomic E-state index is 0.346. The molecule has 0 atom stereocenters. The number of aromatic nitrogens is 2. The minimum Gasteiger partial charge on any atom is -0.452 e. The smallest absolute Gasteiger partial charge is 0.331 e. The van der Waals surface area contributed by atoms with E-state index in [0.717, 1.165) is 28.1 Å². The van der Waals surface area contributed by atoms with Gasteiger partial charge in [-0.05, 0) is 51.5 Å². The van der Waals surface area contributed by atoms with Crippen molar-refractivity contribution in [2.24, 2.45) is 0 Å². The van der Waals surface area contributed by atoms with Gasteiger partial charge in [-0.1, -0.05) is 47.5 Å². The van der Waals surface area contributed by atoms with Gasteiger partial charge in [0.25, 0.3) is 5.91 Å². The number of aryl methyl sites for hydroxylation is 3. The fourth-order valence-corrected chi connectivity index (χ4v) is 3.14. The summed E-state index contributed by atoms with van der Waals surface area (Å²) in [7, 11) is 0. The van der Waals surface area contributed by atoms with Gasteiger partial charge in [-0.15, -0.1) is 0 Å². The van der Waals surface area contributed by atoms with Crippen LogP contribution in [0.4, 0.5) is 5.69 Å². The Morgan fingerprint density at radius 1 is 0.968 bits per heavy atom. The molecule has 0 saturated heterocycles. The summed E-state index contributed by atoms with van der Waals surface area (Å²) in [6, 6.07) is 15.7. The standard InChI is InChI=1S/C25H27N3O3/c1-17-5-9-21(10-6-17)15-28-20(4)23(19(3)27-28)13-14-25(30)31-16-24(29)26-22-11-7-18(2)8-12-22/h5-14H,15-16H2,1-4H3,(H,26,29)/b14-13+. The highest BCUT2D eigenvalue weighted by Crippen LogP contribution is 2.17. The van der Waals surface area contributed by atoms with Crippen LogP contribution in [0.15, 0.2) is 54.6 Å². The van der Waals surface area contributed by atoms with Gasteiger partial charge in [-0.25, -0.2) is 4.79 Å². The summed E-state index contributed by atoms with van der Waals surface area (Å²) < 4.78 is 6.97. The van der Waals surface area contributed by atoms with Crippen molar-refractivity contribution in [2.75, 3.05) is 11.9 Å². The quantitative estimate of drug-likeness (QED) is 0.458. The normalized spacial score (nSPS) is 11.0. The molecular formula is C25H27N3O3. The van der Waals surface area contributed by atoms with Crippen molar-refractivity contribution < 1.29 is 14.3 Å². The summed E-state index contributed by atoms with van der Waals surface area (Å²) in [5.41, 5.74) is 6.78. The number of benzene rings is 2. The molecular weight excluding hydrogens is 390 g/mol. The Bertz CT molecular complexity index is 1090. The number of anilines is 1. The summed E-state index contributed by atoms with van der Waals surface area (Å²) in [6.45, 7) is 8.20. The number of hydrogen-bond acceptors (Lipinski definition) is 4. The second-order valence-electron chi connectivity index (χ2n) is 7.58. The molecule has 0 unspecified atom stereocenters. The molecule has 6 heteroatoms. The van der Waals surface area contributed by atoms with Gasteiger partial charge in [0.2, 0.25) is 0 Å². The van der Waals surface area contributed by atoms with Crippen LogP contribution in [0.5, 0.6) is 0 Å². The Labute approximate surface area is 182 Å². The number of amides is 1. The van der Waals surface area contributed by atoms with E-state index in [1.54, 1.807) is 18.2 Å². The molecule has 0 aliphatic heterocycles. The van der Waals surface area contributed by atoms with Crippen molar-refractivity contribution in [1.29, 1.82) is 0 Å². The van der Waals surface area contributed by atoms with Crippen LogP contribution >= 0.6 is 0 Å². The second kappa shape index (κ2) is 9.89. The third-order valence-electron chi connectivity index (χ3n) is 4.96. The lowest BCUT2D eigenvalue weighted by molar-refractivity contribution is -0.142. The molecule has 160 valence electrons. The van der Waals surface area contributed by atoms with Crippen LogP contribution in [0.2, 0.25) is 0 Å². The van der Waals surface area contributed by atoms with Gasteiger partial charge in [-0.3, -0.25) is 9.48 Å². The molecule has 3 rings (SSSR count). The maximum absolute atomic E-state index is 12.1. The van der Waals surface area contributed by atoms with E-state index in [1.807, 2.05) is 37.6 Å². The fourth-order valence-electron chi connectivity index (χ4n) is 3.14. The number of nitrogens with one attached hydrogen (secondary N) is 1. The van der Waals surface area contributed by atoms with Gasteiger partial charge < -0.3 is 10.1 Å². The van der Waals surface area contributed by atoms with Crippen LogP contribution in [0.25, 0.3) is 6.08 Å². The van der Waals surface area contributed by atoms with E-state index in [1.165, 1.54) is 11.6 Å². The van der Waals surface area contributed by atoms with Gasteiger partial charge in [-0.2, -0.15) is 5.10 Å². The molecule has 6 nitrogen and oxygen atoms in total. The Hall–Kier alpha value is -3.67. The molecule has 0 aliphatic rings. The fraction of sp³-hybridized carbons (Fsp3) is 0.240. The van der Waals surface area contributed by atoms with Gasteiger partial charge in [0.05, 0.1) is 12.2 Å². The predicted molar refractivity (Wildman–Crippen MR) is 122 cm³/mol. The Kier molecular flexibility index (Phi) is 7.03. The molecule has 3 aromatic rings. The van der Waals surface area contributed by atoms with E-state index < -0.39 is 5.97 Å². The highest BCUT2D eigenvalue weighted by Gasteiger charge is 2.11. The van der Waals surface area contributed by atoms with E-state index in [0.29, 0.717) is 12.2 Å². The number of hydrogen-bond donors (Lipinski definition) is 1. The van der Waals surface area contributed by atoms with E-state index in [4.69, 9.17) is 4.74 Å². The molecule has 0 spiro atoms. The van der Waals surface area contributed by atoms with E-state index >= 15 is 0 Å². The van der Waals surface area contributed by atoms with Crippen molar-refractivity contribution in [3.8, 4) is 0 Å². The topological polar surface area (TPSA) is 73.2 Å². The zero-order valence-corrected chi connectivity index (χ0v) is 18.3. The lowest BCUT2D eigenvalue weighted by atomic mass is 10.1. The third-order valence-corrected chi connectivity index (χ3v) is 4.96. The third kappa shape index (κ3) is 6.15. The highest BCUT2D eigenvalue weighted by atomic mass is 16.5. The van der Waals surface area contributed by atoms with Gasteiger partial charge in [0.1, 0.15) is 0 Å². The number of nitrogens with zero attached hydrogens (tertiary/aromatic N) is 2. The average molecular weight is 418 g/mol. The average Bonchev–Trinajstić information content (AvgIpc) is 3.01. The summed E-state index contributed by atoms with van der Waals surface area (Å²) in [4.78, 5) is 24.0. The lowest BCUT2D eigenvalue weighted by Crippen LogP contribution is -2.20. The summed E-state index contributed by atoms with van der Waals surface area (Å²) >= 11 is 0. The van der Waals surface area contributed by atoms with Crippen molar-refractivity contribution in [2.45, 2.75) is 34.2 Å². The molecule has 31 heavy (non-hydrogen) atoms. The lowest BCUT2D eigenvalue weighted by Gasteiger charge is -2.06. The van der Waals surface area contributed by atoms with Crippen LogP contribution in [-0.2, 0) is 20.9 Å². The first-order chi connectivity index (χ1) is 14.8. The van der Waals surface area contributed by atoms with Gasteiger partial charge in [0.15, 0.2) is 6.61 Å². The first-order valence-corrected chi connectivity index (χ1v) is 10.1. The summed E-state index contributed by atoms with van der Waals surface area (Å²) in [5.74, 6) is -0.965. The van der Waals surface area contributed by atoms with Crippen molar-refractivity contribution >= 4 is 23.6 Å². The number of ether oxygens (including phenoxy) is 1. The molecule has 0 fully saturated rings. The molecule has 1 amide bonds. The Balaban J connectivity index is 1.56. The molecule has 1 heterocycles. The Morgan fingerprint density at radius 3 is 2.23 bits per heavy atom. The second-order valence-corrected chi connectivity index (χ2v) is 7.58. The highest BCUT2D eigenvalue weighted by molar-refractivity contribution is 5.94. The van der Waals surface area contributed by atoms with Crippen molar-refractivity contribution in [3.05, 3.63) is 88.2 Å². The van der Waals surface area contributed by atoms with Crippen molar-refractivity contribution in [1.82, 2.24) is 9.78 Å². The monoisotopic (exact) mass is 417 g/mol. The molecule has 2 aromatic carbocycles. The van der Waals surface area contributed by atoms with E-state index in [9.17, 15) is 9.59 Å². The number of rotatable bonds is 7. The SMILES string of the molecule is Cc1ccc(Cn2nc(C)c(/C=C/C(=O)OCC(=O)Nc3ccc(C)cc3)c2C)cc1. The predicted octanol–water partition coefficient (Wildman–Crippen LogP) is 4.36. The number of carbonyl (C=O) groups excluding carboxylic acids is 2. The van der Waals surface area contributed by atoms with Crippen LogP contribution < -0.4 is 5.32 Å². The largest absolute Gasteiger partial charge is 0.452 e. The minimum atomic E-state index is -0.579. The zero-order valence-electron chi connectivity index (χ0n) is 18.3. The van der Waals surface area contributed by atoms with E-state index in [2.05, 4.69) is 41.6 Å². The molecule has 0 bridgehead atoms. The first kappa shape index (κ1) is 22.0. The molecule has 0 aliphatic carbocycles. The first-order valence-electron chi connectivity index (χ1n) is 10.1. The molecule has 0 saturated carbocycles. The van der Waals surface area contributed by atoms with Crippen LogP contribution in [0.1, 0.15) is 33.6 Å². The maximum Gasteiger partial charge on any atom is 0.331 e. The number of esters is 1. The van der Waals surface area contributed by atoms with Crippen LogP contribution in [0.3, 0.4) is 0 Å². The van der Waals surface area contributed by atoms with E-state index in [-0.39, 0.29) is 12.5 Å². The summed E-state index contributed by atoms with van der Waals surface area (Å²) in [5, 5.41) is 7.28. The molecule has 1 N–H and O–H groups in total.